The first-order chi connectivity index (χ1) is 16.3. The number of aliphatic hydroxyl groups is 1. The van der Waals surface area contributed by atoms with E-state index in [2.05, 4.69) is 28.3 Å². The number of rotatable bonds is 6. The minimum atomic E-state index is -0.987. The van der Waals surface area contributed by atoms with Crippen molar-refractivity contribution in [1.29, 1.82) is 0 Å². The summed E-state index contributed by atoms with van der Waals surface area (Å²) in [7, 11) is -0.987. The number of aromatic amines is 1. The van der Waals surface area contributed by atoms with E-state index >= 15 is 0 Å². The lowest BCUT2D eigenvalue weighted by Crippen LogP contribution is -2.25. The number of fused-ring (bicyclic) bond motifs is 1. The summed E-state index contributed by atoms with van der Waals surface area (Å²) >= 11 is 0. The van der Waals surface area contributed by atoms with Gasteiger partial charge in [-0.1, -0.05) is 43.3 Å². The van der Waals surface area contributed by atoms with E-state index in [4.69, 9.17) is 4.74 Å². The molecule has 0 saturated carbocycles. The number of aromatic nitrogens is 2. The molecule has 178 valence electrons. The monoisotopic (exact) mass is 481 g/mol. The lowest BCUT2D eigenvalue weighted by molar-refractivity contribution is 0.201. The maximum atomic E-state index is 15.0. The van der Waals surface area contributed by atoms with Gasteiger partial charge in [0.15, 0.2) is 11.7 Å². The van der Waals surface area contributed by atoms with Crippen molar-refractivity contribution in [2.45, 2.75) is 37.3 Å². The number of hydrogen-bond donors (Lipinski definition) is 3. The summed E-state index contributed by atoms with van der Waals surface area (Å²) in [5.74, 6) is 0.135. The molecule has 3 aromatic rings. The highest BCUT2D eigenvalue weighted by Gasteiger charge is 2.27. The lowest BCUT2D eigenvalue weighted by atomic mass is 9.77. The Labute approximate surface area is 200 Å². The largest absolute Gasteiger partial charge is 0.474 e. The van der Waals surface area contributed by atoms with Gasteiger partial charge in [0, 0.05) is 64.1 Å². The van der Waals surface area contributed by atoms with Gasteiger partial charge < -0.3 is 20.1 Å². The fraction of sp³-hybridized carbons (Fsp3) is 0.346. The fourth-order valence-electron chi connectivity index (χ4n) is 4.61. The van der Waals surface area contributed by atoms with E-state index in [9.17, 15) is 13.7 Å². The third-order valence-corrected chi connectivity index (χ3v) is 7.69. The SMILES string of the molecule is CS(=O)C1=CCC(C)(c2ccc(-c3nc4cc(O[C@@H]5CNC(CO)C5)[nH]c4cc3F)cc2)C=C1. The number of pyridine rings is 1. The normalized spacial score (nSPS) is 25.5. The standard InChI is InChI=1S/C26H28FN3O3S/c1-26(9-7-20(8-10-26)34(2)32)17-5-3-16(4-6-17)25-21(27)12-22-23(30-25)13-24(29-22)33-19-11-18(15-31)28-14-19/h3-9,12-13,18-19,28-29,31H,10-11,14-15H2,1-2H3/t18?,19-,26?,34?/m0/s1. The molecule has 1 aliphatic carbocycles. The van der Waals surface area contributed by atoms with Crippen molar-refractivity contribution in [3.63, 3.8) is 0 Å². The summed E-state index contributed by atoms with van der Waals surface area (Å²) in [6.45, 7) is 2.87. The number of ether oxygens (including phenoxy) is 1. The number of H-pyrrole nitrogens is 1. The lowest BCUT2D eigenvalue weighted by Gasteiger charge is -2.28. The first kappa shape index (κ1) is 23.0. The van der Waals surface area contributed by atoms with E-state index in [1.165, 1.54) is 6.07 Å². The predicted octanol–water partition coefficient (Wildman–Crippen LogP) is 3.95. The Balaban J connectivity index is 1.36. The summed E-state index contributed by atoms with van der Waals surface area (Å²) in [6, 6.07) is 11.1. The molecule has 0 radical (unpaired) electrons. The van der Waals surface area contributed by atoms with Crippen molar-refractivity contribution < 1.29 is 18.4 Å². The van der Waals surface area contributed by atoms with Crippen LogP contribution in [0.15, 0.2) is 59.5 Å². The van der Waals surface area contributed by atoms with Crippen LogP contribution in [0.5, 0.6) is 5.88 Å². The van der Waals surface area contributed by atoms with Gasteiger partial charge in [0.05, 0.1) is 17.6 Å². The van der Waals surface area contributed by atoms with Gasteiger partial charge in [-0.05, 0) is 18.1 Å². The van der Waals surface area contributed by atoms with Crippen LogP contribution < -0.4 is 10.1 Å². The van der Waals surface area contributed by atoms with E-state index in [1.807, 2.05) is 36.4 Å². The summed E-state index contributed by atoms with van der Waals surface area (Å²) in [6.07, 6.45) is 9.15. The zero-order chi connectivity index (χ0) is 23.9. The van der Waals surface area contributed by atoms with Crippen LogP contribution in [0.4, 0.5) is 4.39 Å². The van der Waals surface area contributed by atoms with Crippen LogP contribution in [-0.4, -0.2) is 50.8 Å². The van der Waals surface area contributed by atoms with E-state index < -0.39 is 16.6 Å². The van der Waals surface area contributed by atoms with E-state index in [0.29, 0.717) is 41.1 Å². The molecule has 0 bridgehead atoms. The summed E-state index contributed by atoms with van der Waals surface area (Å²) < 4.78 is 32.6. The third kappa shape index (κ3) is 4.45. The maximum Gasteiger partial charge on any atom is 0.193 e. The Morgan fingerprint density at radius 2 is 2.09 bits per heavy atom. The highest BCUT2D eigenvalue weighted by atomic mass is 32.2. The van der Waals surface area contributed by atoms with Gasteiger partial charge in [-0.2, -0.15) is 0 Å². The van der Waals surface area contributed by atoms with Crippen molar-refractivity contribution in [1.82, 2.24) is 15.3 Å². The quantitative estimate of drug-likeness (QED) is 0.496. The molecule has 2 aliphatic rings. The molecule has 3 heterocycles. The van der Waals surface area contributed by atoms with Crippen molar-refractivity contribution in [2.24, 2.45) is 0 Å². The topological polar surface area (TPSA) is 87.2 Å². The highest BCUT2D eigenvalue weighted by molar-refractivity contribution is 7.88. The summed E-state index contributed by atoms with van der Waals surface area (Å²) in [4.78, 5) is 8.50. The van der Waals surface area contributed by atoms with Crippen molar-refractivity contribution in [3.8, 4) is 17.1 Å². The maximum absolute atomic E-state index is 15.0. The van der Waals surface area contributed by atoms with Gasteiger partial charge in [-0.3, -0.25) is 4.21 Å². The molecular formula is C26H28FN3O3S. The van der Waals surface area contributed by atoms with Crippen LogP contribution in [0, 0.1) is 5.82 Å². The molecule has 6 nitrogen and oxygen atoms in total. The molecule has 4 atom stereocenters. The zero-order valence-electron chi connectivity index (χ0n) is 19.2. The number of nitrogens with zero attached hydrogens (tertiary/aromatic N) is 1. The number of aliphatic hydroxyl groups excluding tert-OH is 1. The Hall–Kier alpha value is -2.81. The summed E-state index contributed by atoms with van der Waals surface area (Å²) in [5, 5.41) is 12.5. The first-order valence-electron chi connectivity index (χ1n) is 11.4. The number of benzene rings is 1. The van der Waals surface area contributed by atoms with Crippen molar-refractivity contribution in [2.75, 3.05) is 19.4 Å². The molecule has 1 fully saturated rings. The third-order valence-electron chi connectivity index (χ3n) is 6.72. The summed E-state index contributed by atoms with van der Waals surface area (Å²) in [5.41, 5.74) is 3.11. The van der Waals surface area contributed by atoms with Gasteiger partial charge in [-0.15, -0.1) is 0 Å². The molecule has 8 heteroatoms. The molecule has 5 rings (SSSR count). The average Bonchev–Trinajstić information content (AvgIpc) is 3.45. The molecule has 2 aromatic heterocycles. The van der Waals surface area contributed by atoms with Crippen molar-refractivity contribution in [3.05, 3.63) is 70.9 Å². The number of hydrogen-bond acceptors (Lipinski definition) is 5. The van der Waals surface area contributed by atoms with Crippen LogP contribution in [0.1, 0.15) is 25.3 Å². The average molecular weight is 482 g/mol. The van der Waals surface area contributed by atoms with Gasteiger partial charge in [0.25, 0.3) is 0 Å². The minimum Gasteiger partial charge on any atom is -0.474 e. The smallest absolute Gasteiger partial charge is 0.193 e. The molecule has 3 unspecified atom stereocenters. The molecule has 3 N–H and O–H groups in total. The molecule has 1 aliphatic heterocycles. The molecule has 1 aromatic carbocycles. The molecule has 0 amide bonds. The van der Waals surface area contributed by atoms with Crippen LogP contribution in [0.3, 0.4) is 0 Å². The van der Waals surface area contributed by atoms with Gasteiger partial charge >= 0.3 is 0 Å². The molecular weight excluding hydrogens is 453 g/mol. The fourth-order valence-corrected chi connectivity index (χ4v) is 5.19. The van der Waals surface area contributed by atoms with Crippen LogP contribution in [0.25, 0.3) is 22.3 Å². The second-order valence-corrected chi connectivity index (χ2v) is 10.6. The van der Waals surface area contributed by atoms with Gasteiger partial charge in [0.2, 0.25) is 0 Å². The minimum absolute atomic E-state index is 0.0413. The predicted molar refractivity (Wildman–Crippen MR) is 133 cm³/mol. The Kier molecular flexibility index (Phi) is 6.14. The van der Waals surface area contributed by atoms with Crippen LogP contribution in [0.2, 0.25) is 0 Å². The van der Waals surface area contributed by atoms with Crippen LogP contribution >= 0.6 is 0 Å². The molecule has 34 heavy (non-hydrogen) atoms. The van der Waals surface area contributed by atoms with Gasteiger partial charge in [0.1, 0.15) is 11.8 Å². The second-order valence-electron chi connectivity index (χ2n) is 9.24. The van der Waals surface area contributed by atoms with E-state index in [0.717, 1.165) is 16.9 Å². The number of allylic oxidation sites excluding steroid dienone is 3. The Morgan fingerprint density at radius 1 is 1.29 bits per heavy atom. The Bertz CT molecular complexity index is 1300. The zero-order valence-corrected chi connectivity index (χ0v) is 20.0. The van der Waals surface area contributed by atoms with Crippen molar-refractivity contribution >= 4 is 21.8 Å². The number of halogens is 1. The first-order valence-corrected chi connectivity index (χ1v) is 12.9. The number of nitrogens with one attached hydrogen (secondary N) is 2. The van der Waals surface area contributed by atoms with Gasteiger partial charge in [-0.25, -0.2) is 9.37 Å². The highest BCUT2D eigenvalue weighted by Crippen LogP contribution is 2.36. The molecule has 0 spiro atoms. The van der Waals surface area contributed by atoms with E-state index in [1.54, 1.807) is 12.3 Å². The van der Waals surface area contributed by atoms with E-state index in [-0.39, 0.29) is 24.2 Å². The second kappa shape index (κ2) is 9.09. The Morgan fingerprint density at radius 3 is 2.74 bits per heavy atom. The van der Waals surface area contributed by atoms with Crippen LogP contribution in [-0.2, 0) is 16.2 Å². The molecule has 1 saturated heterocycles.